The van der Waals surface area contributed by atoms with Gasteiger partial charge in [-0.3, -0.25) is 14.0 Å². The zero-order valence-electron chi connectivity index (χ0n) is 12.4. The number of halogens is 1. The molecule has 23 heavy (non-hydrogen) atoms. The Kier molecular flexibility index (Phi) is 4.58. The average Bonchev–Trinajstić information content (AvgIpc) is 2.91. The molecule has 3 aromatic rings. The topological polar surface area (TPSA) is 63.5 Å². The Balaban J connectivity index is 1.68. The largest absolute Gasteiger partial charge is 0.352 e. The summed E-state index contributed by atoms with van der Waals surface area (Å²) in [7, 11) is 0. The van der Waals surface area contributed by atoms with E-state index >= 15 is 0 Å². The highest BCUT2D eigenvalue weighted by atomic mass is 79.9. The summed E-state index contributed by atoms with van der Waals surface area (Å²) in [4.78, 5) is 29.2. The fourth-order valence-electron chi connectivity index (χ4n) is 2.27. The second-order valence-electron chi connectivity index (χ2n) is 5.09. The summed E-state index contributed by atoms with van der Waals surface area (Å²) in [6.45, 7) is 2.26. The van der Waals surface area contributed by atoms with Crippen molar-refractivity contribution in [1.82, 2.24) is 14.7 Å². The number of fused-ring (bicyclic) bond motifs is 1. The number of nitrogens with one attached hydrogen (secondary N) is 1. The normalized spacial score (nSPS) is 10.9. The van der Waals surface area contributed by atoms with Crippen molar-refractivity contribution in [3.8, 4) is 0 Å². The maximum Gasteiger partial charge on any atom is 0.258 e. The van der Waals surface area contributed by atoms with E-state index in [1.165, 1.54) is 17.4 Å². The molecular weight excluding hydrogens is 378 g/mol. The third kappa shape index (κ3) is 3.51. The third-order valence-corrected chi connectivity index (χ3v) is 4.78. The Morgan fingerprint density at radius 3 is 2.83 bits per heavy atom. The standard InChI is InChI=1S/C16H14BrN3O2S/c1-10-8-14(21)20-13(9-23-16(20)19-10)6-7-18-15(22)11-2-4-12(17)5-3-11/h2-5,8-9H,6-7H2,1H3,(H,18,22). The maximum absolute atomic E-state index is 12.1. The molecule has 1 amide bonds. The van der Waals surface area contributed by atoms with Crippen LogP contribution in [-0.4, -0.2) is 21.8 Å². The van der Waals surface area contributed by atoms with Gasteiger partial charge in [-0.25, -0.2) is 4.98 Å². The number of carbonyl (C=O) groups excluding carboxylic acids is 1. The van der Waals surface area contributed by atoms with E-state index in [2.05, 4.69) is 26.2 Å². The monoisotopic (exact) mass is 391 g/mol. The fraction of sp³-hybridized carbons (Fsp3) is 0.188. The first kappa shape index (κ1) is 15.9. The SMILES string of the molecule is Cc1cc(=O)n2c(CCNC(=O)c3ccc(Br)cc3)csc2n1. The molecule has 0 fully saturated rings. The number of rotatable bonds is 4. The van der Waals surface area contributed by atoms with Crippen molar-refractivity contribution >= 4 is 38.1 Å². The quantitative estimate of drug-likeness (QED) is 0.743. The highest BCUT2D eigenvalue weighted by Gasteiger charge is 2.09. The highest BCUT2D eigenvalue weighted by Crippen LogP contribution is 2.13. The maximum atomic E-state index is 12.1. The van der Waals surface area contributed by atoms with Gasteiger partial charge >= 0.3 is 0 Å². The number of hydrogen-bond acceptors (Lipinski definition) is 4. The van der Waals surface area contributed by atoms with Gasteiger partial charge in [0.2, 0.25) is 0 Å². The summed E-state index contributed by atoms with van der Waals surface area (Å²) >= 11 is 4.77. The Morgan fingerprint density at radius 2 is 2.09 bits per heavy atom. The number of aromatic nitrogens is 2. The van der Waals surface area contributed by atoms with Crippen molar-refractivity contribution in [3.63, 3.8) is 0 Å². The lowest BCUT2D eigenvalue weighted by Gasteiger charge is -2.05. The van der Waals surface area contributed by atoms with Crippen LogP contribution in [0, 0.1) is 6.92 Å². The molecule has 2 heterocycles. The van der Waals surface area contributed by atoms with Crippen LogP contribution >= 0.6 is 27.3 Å². The molecule has 1 N–H and O–H groups in total. The van der Waals surface area contributed by atoms with E-state index in [0.717, 1.165) is 10.2 Å². The number of aryl methyl sites for hydroxylation is 1. The van der Waals surface area contributed by atoms with Gasteiger partial charge in [0.15, 0.2) is 4.96 Å². The lowest BCUT2D eigenvalue weighted by Crippen LogP contribution is -2.26. The number of benzene rings is 1. The van der Waals surface area contributed by atoms with Crippen LogP contribution in [0.2, 0.25) is 0 Å². The Bertz CT molecular complexity index is 915. The van der Waals surface area contributed by atoms with Crippen LogP contribution < -0.4 is 10.9 Å². The van der Waals surface area contributed by atoms with Gasteiger partial charge in [0.25, 0.3) is 11.5 Å². The number of carbonyl (C=O) groups is 1. The minimum Gasteiger partial charge on any atom is -0.352 e. The van der Waals surface area contributed by atoms with Crippen molar-refractivity contribution in [2.45, 2.75) is 13.3 Å². The summed E-state index contributed by atoms with van der Waals surface area (Å²) in [5, 5.41) is 4.78. The van der Waals surface area contributed by atoms with E-state index < -0.39 is 0 Å². The van der Waals surface area contributed by atoms with Gasteiger partial charge in [-0.2, -0.15) is 0 Å². The van der Waals surface area contributed by atoms with Gasteiger partial charge in [0.1, 0.15) is 0 Å². The molecule has 0 aliphatic heterocycles. The number of hydrogen-bond donors (Lipinski definition) is 1. The molecule has 0 unspecified atom stereocenters. The second-order valence-corrected chi connectivity index (χ2v) is 6.85. The molecule has 118 valence electrons. The number of amides is 1. The first-order valence-corrected chi connectivity index (χ1v) is 8.72. The van der Waals surface area contributed by atoms with Crippen molar-refractivity contribution in [2.24, 2.45) is 0 Å². The predicted molar refractivity (Wildman–Crippen MR) is 94.3 cm³/mol. The van der Waals surface area contributed by atoms with Gasteiger partial charge in [-0.15, -0.1) is 11.3 Å². The van der Waals surface area contributed by atoms with Crippen LogP contribution in [0.25, 0.3) is 4.96 Å². The van der Waals surface area contributed by atoms with Gasteiger partial charge in [-0.1, -0.05) is 15.9 Å². The molecule has 0 radical (unpaired) electrons. The summed E-state index contributed by atoms with van der Waals surface area (Å²) in [5.74, 6) is -0.127. The van der Waals surface area contributed by atoms with E-state index in [1.807, 2.05) is 17.5 Å². The van der Waals surface area contributed by atoms with Crippen molar-refractivity contribution in [3.05, 3.63) is 67.5 Å². The number of nitrogens with zero attached hydrogens (tertiary/aromatic N) is 2. The molecule has 0 bridgehead atoms. The molecule has 7 heteroatoms. The van der Waals surface area contributed by atoms with E-state index in [0.29, 0.717) is 29.2 Å². The van der Waals surface area contributed by atoms with Crippen LogP contribution in [0.3, 0.4) is 0 Å². The van der Waals surface area contributed by atoms with Gasteiger partial charge < -0.3 is 5.32 Å². The molecule has 0 saturated carbocycles. The van der Waals surface area contributed by atoms with Crippen LogP contribution in [0.1, 0.15) is 21.7 Å². The Hall–Kier alpha value is -1.99. The van der Waals surface area contributed by atoms with Gasteiger partial charge in [-0.05, 0) is 31.2 Å². The first-order chi connectivity index (χ1) is 11.0. The zero-order chi connectivity index (χ0) is 16.4. The van der Waals surface area contributed by atoms with Crippen LogP contribution in [-0.2, 0) is 6.42 Å². The smallest absolute Gasteiger partial charge is 0.258 e. The van der Waals surface area contributed by atoms with E-state index in [9.17, 15) is 9.59 Å². The van der Waals surface area contributed by atoms with E-state index in [1.54, 1.807) is 23.5 Å². The lowest BCUT2D eigenvalue weighted by atomic mass is 10.2. The molecule has 1 aromatic carbocycles. The number of thiazole rings is 1. The van der Waals surface area contributed by atoms with Gasteiger partial charge in [0.05, 0.1) is 0 Å². The Labute approximate surface area is 145 Å². The minimum atomic E-state index is -0.127. The highest BCUT2D eigenvalue weighted by molar-refractivity contribution is 9.10. The Morgan fingerprint density at radius 1 is 1.35 bits per heavy atom. The third-order valence-electron chi connectivity index (χ3n) is 3.38. The van der Waals surface area contributed by atoms with Gasteiger partial charge in [0, 0.05) is 45.8 Å². The van der Waals surface area contributed by atoms with Crippen LogP contribution in [0.5, 0.6) is 0 Å². The summed E-state index contributed by atoms with van der Waals surface area (Å²) in [6.07, 6.45) is 0.576. The first-order valence-electron chi connectivity index (χ1n) is 7.05. The summed E-state index contributed by atoms with van der Waals surface area (Å²) in [6, 6.07) is 8.69. The molecule has 0 aliphatic carbocycles. The minimum absolute atomic E-state index is 0.0806. The average molecular weight is 392 g/mol. The zero-order valence-corrected chi connectivity index (χ0v) is 14.8. The molecule has 5 nitrogen and oxygen atoms in total. The summed E-state index contributed by atoms with van der Waals surface area (Å²) < 4.78 is 2.53. The predicted octanol–water partition coefficient (Wildman–Crippen LogP) is 2.80. The molecule has 0 aliphatic rings. The fourth-order valence-corrected chi connectivity index (χ4v) is 3.50. The molecule has 0 spiro atoms. The second kappa shape index (κ2) is 6.64. The van der Waals surface area contributed by atoms with Crippen molar-refractivity contribution in [2.75, 3.05) is 6.54 Å². The molecule has 3 rings (SSSR count). The van der Waals surface area contributed by atoms with Crippen LogP contribution in [0.4, 0.5) is 0 Å². The molecule has 2 aromatic heterocycles. The van der Waals surface area contributed by atoms with E-state index in [-0.39, 0.29) is 11.5 Å². The van der Waals surface area contributed by atoms with E-state index in [4.69, 9.17) is 0 Å². The molecule has 0 atom stereocenters. The summed E-state index contributed by atoms with van der Waals surface area (Å²) in [5.41, 5.74) is 2.10. The molecule has 0 saturated heterocycles. The lowest BCUT2D eigenvalue weighted by molar-refractivity contribution is 0.0954. The molecular formula is C16H14BrN3O2S. The van der Waals surface area contributed by atoms with Crippen molar-refractivity contribution < 1.29 is 4.79 Å². The van der Waals surface area contributed by atoms with Crippen LogP contribution in [0.15, 0.2) is 45.0 Å². The van der Waals surface area contributed by atoms with Crippen molar-refractivity contribution in [1.29, 1.82) is 0 Å².